The van der Waals surface area contributed by atoms with Gasteiger partial charge in [0.1, 0.15) is 0 Å². The second kappa shape index (κ2) is 7.60. The predicted molar refractivity (Wildman–Crippen MR) is 74.6 cm³/mol. The van der Waals surface area contributed by atoms with Crippen LogP contribution in [0.3, 0.4) is 0 Å². The van der Waals surface area contributed by atoms with Crippen molar-refractivity contribution in [2.45, 2.75) is 19.3 Å². The fraction of sp³-hybridized carbons (Fsp3) is 0.438. The largest absolute Gasteiger partial charge is 0.452 e. The van der Waals surface area contributed by atoms with Gasteiger partial charge in [-0.15, -0.1) is 0 Å². The third kappa shape index (κ3) is 5.15. The van der Waals surface area contributed by atoms with Gasteiger partial charge in [0, 0.05) is 0 Å². The predicted octanol–water partition coefficient (Wildman–Crippen LogP) is 1.87. The molecule has 100 valence electrons. The van der Waals surface area contributed by atoms with E-state index in [0.717, 1.165) is 25.2 Å². The molecule has 0 atom stereocenters. The minimum absolute atomic E-state index is 0.194. The van der Waals surface area contributed by atoms with E-state index in [1.54, 1.807) is 0 Å². The van der Waals surface area contributed by atoms with Gasteiger partial charge in [0.25, 0.3) is 0 Å². The number of carbonyl (C=O) groups excluding carboxylic acids is 1. The summed E-state index contributed by atoms with van der Waals surface area (Å²) in [5.41, 5.74) is 0.970. The maximum Gasteiger partial charge on any atom is 0.311 e. The van der Waals surface area contributed by atoms with Crippen LogP contribution in [0.1, 0.15) is 18.4 Å². The van der Waals surface area contributed by atoms with Crippen LogP contribution in [-0.4, -0.2) is 37.1 Å². The van der Waals surface area contributed by atoms with Gasteiger partial charge >= 0.3 is 5.97 Å². The highest BCUT2D eigenvalue weighted by Crippen LogP contribution is 2.05. The van der Waals surface area contributed by atoms with E-state index >= 15 is 0 Å². The van der Waals surface area contributed by atoms with Gasteiger partial charge in [-0.3, -0.25) is 9.69 Å². The van der Waals surface area contributed by atoms with Crippen LogP contribution < -0.4 is 0 Å². The van der Waals surface area contributed by atoms with Crippen molar-refractivity contribution in [2.24, 2.45) is 0 Å². The highest BCUT2D eigenvalue weighted by atomic mass is 16.5. The number of hydrogen-bond donors (Lipinski definition) is 0. The molecule has 0 aliphatic carbocycles. The summed E-state index contributed by atoms with van der Waals surface area (Å²) >= 11 is 0. The molecule has 1 aliphatic rings. The Morgan fingerprint density at radius 2 is 1.89 bits per heavy atom. The minimum Gasteiger partial charge on any atom is -0.452 e. The van der Waals surface area contributed by atoms with E-state index in [-0.39, 0.29) is 12.6 Å². The van der Waals surface area contributed by atoms with E-state index in [1.807, 2.05) is 30.3 Å². The molecule has 2 rings (SSSR count). The van der Waals surface area contributed by atoms with Crippen molar-refractivity contribution < 1.29 is 9.53 Å². The van der Waals surface area contributed by atoms with Gasteiger partial charge in [0.05, 0.1) is 13.0 Å². The van der Waals surface area contributed by atoms with Crippen LogP contribution >= 0.6 is 0 Å². The topological polar surface area (TPSA) is 29.5 Å². The molecule has 0 aromatic heterocycles. The van der Waals surface area contributed by atoms with Gasteiger partial charge in [-0.05, 0) is 31.5 Å². The fourth-order valence-corrected chi connectivity index (χ4v) is 2.09. The van der Waals surface area contributed by atoms with E-state index in [4.69, 9.17) is 4.74 Å². The first-order valence-corrected chi connectivity index (χ1v) is 6.72. The van der Waals surface area contributed by atoms with Gasteiger partial charge in [-0.1, -0.05) is 42.2 Å². The summed E-state index contributed by atoms with van der Waals surface area (Å²) in [6.07, 6.45) is 2.86. The maximum atomic E-state index is 11.5. The molecule has 1 aromatic carbocycles. The van der Waals surface area contributed by atoms with Crippen molar-refractivity contribution >= 4 is 5.97 Å². The van der Waals surface area contributed by atoms with Crippen LogP contribution in [0, 0.1) is 11.8 Å². The monoisotopic (exact) mass is 257 g/mol. The number of carbonyl (C=O) groups is 1. The smallest absolute Gasteiger partial charge is 0.311 e. The molecule has 0 spiro atoms. The molecule has 3 heteroatoms. The maximum absolute atomic E-state index is 11.5. The standard InChI is InChI=1S/C16H19NO2/c18-16(14-15-8-2-1-3-9-15)19-13-7-6-12-17-10-4-5-11-17/h1-3,8-9H,4-5,10-14H2. The zero-order chi connectivity index (χ0) is 13.3. The van der Waals surface area contributed by atoms with Crippen molar-refractivity contribution in [2.75, 3.05) is 26.2 Å². The number of rotatable bonds is 4. The first kappa shape index (κ1) is 13.6. The summed E-state index contributed by atoms with van der Waals surface area (Å²) < 4.78 is 5.08. The number of esters is 1. The average Bonchev–Trinajstić information content (AvgIpc) is 2.92. The molecule has 0 radical (unpaired) electrons. The van der Waals surface area contributed by atoms with E-state index < -0.39 is 0 Å². The molecule has 0 unspecified atom stereocenters. The average molecular weight is 257 g/mol. The Morgan fingerprint density at radius 3 is 2.63 bits per heavy atom. The summed E-state index contributed by atoms with van der Waals surface area (Å²) in [6, 6.07) is 9.59. The lowest BCUT2D eigenvalue weighted by molar-refractivity contribution is -0.141. The lowest BCUT2D eigenvalue weighted by Gasteiger charge is -2.08. The number of nitrogens with zero attached hydrogens (tertiary/aromatic N) is 1. The quantitative estimate of drug-likeness (QED) is 0.609. The van der Waals surface area contributed by atoms with E-state index in [2.05, 4.69) is 16.7 Å². The molecule has 1 aliphatic heterocycles. The Labute approximate surface area is 114 Å². The van der Waals surface area contributed by atoms with Crippen LogP contribution in [0.25, 0.3) is 0 Å². The van der Waals surface area contributed by atoms with Crippen molar-refractivity contribution in [3.05, 3.63) is 35.9 Å². The highest BCUT2D eigenvalue weighted by Gasteiger charge is 2.08. The number of likely N-dealkylation sites (tertiary alicyclic amines) is 1. The molecule has 1 heterocycles. The summed E-state index contributed by atoms with van der Waals surface area (Å²) in [7, 11) is 0. The van der Waals surface area contributed by atoms with Crippen molar-refractivity contribution in [1.82, 2.24) is 4.90 Å². The lowest BCUT2D eigenvalue weighted by atomic mass is 10.2. The molecule has 19 heavy (non-hydrogen) atoms. The van der Waals surface area contributed by atoms with Crippen LogP contribution in [0.5, 0.6) is 0 Å². The summed E-state index contributed by atoms with van der Waals surface area (Å²) in [4.78, 5) is 13.8. The Morgan fingerprint density at radius 1 is 1.16 bits per heavy atom. The number of benzene rings is 1. The molecule has 1 fully saturated rings. The molecule has 0 saturated carbocycles. The van der Waals surface area contributed by atoms with Crippen LogP contribution in [0.2, 0.25) is 0 Å². The number of hydrogen-bond acceptors (Lipinski definition) is 3. The summed E-state index contributed by atoms with van der Waals surface area (Å²) in [5, 5.41) is 0. The molecular formula is C16H19NO2. The minimum atomic E-state index is -0.221. The molecule has 0 bridgehead atoms. The zero-order valence-electron chi connectivity index (χ0n) is 11.1. The normalized spacial score (nSPS) is 14.7. The van der Waals surface area contributed by atoms with Crippen molar-refractivity contribution in [1.29, 1.82) is 0 Å². The first-order valence-electron chi connectivity index (χ1n) is 6.72. The van der Waals surface area contributed by atoms with Gasteiger partial charge < -0.3 is 4.74 Å². The molecular weight excluding hydrogens is 238 g/mol. The van der Waals surface area contributed by atoms with Gasteiger partial charge in [-0.2, -0.15) is 0 Å². The third-order valence-corrected chi connectivity index (χ3v) is 3.12. The second-order valence-electron chi connectivity index (χ2n) is 4.66. The zero-order valence-corrected chi connectivity index (χ0v) is 11.1. The second-order valence-corrected chi connectivity index (χ2v) is 4.66. The summed E-state index contributed by atoms with van der Waals surface area (Å²) in [5.74, 6) is 5.72. The van der Waals surface area contributed by atoms with Gasteiger partial charge in [0.15, 0.2) is 6.61 Å². The van der Waals surface area contributed by atoms with Gasteiger partial charge in [-0.25, -0.2) is 0 Å². The Kier molecular flexibility index (Phi) is 5.46. The lowest BCUT2D eigenvalue weighted by Crippen LogP contribution is -2.19. The summed E-state index contributed by atoms with van der Waals surface area (Å²) in [6.45, 7) is 3.26. The van der Waals surface area contributed by atoms with Crippen LogP contribution in [0.15, 0.2) is 30.3 Å². The van der Waals surface area contributed by atoms with E-state index in [9.17, 15) is 4.79 Å². The Balaban J connectivity index is 1.62. The van der Waals surface area contributed by atoms with Crippen molar-refractivity contribution in [3.8, 4) is 11.8 Å². The Hall–Kier alpha value is -1.79. The SMILES string of the molecule is O=C(Cc1ccccc1)OCC#CCN1CCCC1. The number of ether oxygens (including phenoxy) is 1. The molecule has 3 nitrogen and oxygen atoms in total. The van der Waals surface area contributed by atoms with Gasteiger partial charge in [0.2, 0.25) is 0 Å². The molecule has 1 aromatic rings. The highest BCUT2D eigenvalue weighted by molar-refractivity contribution is 5.72. The van der Waals surface area contributed by atoms with Crippen LogP contribution in [0.4, 0.5) is 0 Å². The molecule has 1 saturated heterocycles. The van der Waals surface area contributed by atoms with E-state index in [1.165, 1.54) is 12.8 Å². The first-order chi connectivity index (χ1) is 9.34. The molecule has 0 N–H and O–H groups in total. The van der Waals surface area contributed by atoms with Crippen LogP contribution in [-0.2, 0) is 16.0 Å². The fourth-order valence-electron chi connectivity index (χ4n) is 2.09. The van der Waals surface area contributed by atoms with E-state index in [0.29, 0.717) is 6.42 Å². The Bertz CT molecular complexity index is 453. The third-order valence-electron chi connectivity index (χ3n) is 3.12. The molecule has 0 amide bonds. The van der Waals surface area contributed by atoms with Crippen molar-refractivity contribution in [3.63, 3.8) is 0 Å².